The summed E-state index contributed by atoms with van der Waals surface area (Å²) in [6, 6.07) is 1.39. The zero-order valence-electron chi connectivity index (χ0n) is 20.2. The van der Waals surface area contributed by atoms with Gasteiger partial charge in [0.15, 0.2) is 0 Å². The van der Waals surface area contributed by atoms with E-state index in [9.17, 15) is 0 Å². The van der Waals surface area contributed by atoms with Crippen molar-refractivity contribution in [2.24, 2.45) is 0 Å². The topological polar surface area (TPSA) is 6.48 Å². The fourth-order valence-electron chi connectivity index (χ4n) is 4.71. The van der Waals surface area contributed by atoms with Crippen molar-refractivity contribution in [3.05, 3.63) is 0 Å². The monoisotopic (exact) mass is 552 g/mol. The normalized spacial score (nSPS) is 17.9. The molecule has 0 bridgehead atoms. The molecule has 8 heteroatoms. The van der Waals surface area contributed by atoms with Crippen LogP contribution in [-0.2, 0) is 0 Å². The van der Waals surface area contributed by atoms with Gasteiger partial charge in [0, 0.05) is 36.7 Å². The van der Waals surface area contributed by atoms with Crippen LogP contribution >= 0.6 is 67.6 Å². The van der Waals surface area contributed by atoms with Gasteiger partial charge in [0.25, 0.3) is 0 Å². The fraction of sp³-hybridized carbons (Fsp3) is 0.917. The van der Waals surface area contributed by atoms with E-state index in [2.05, 4.69) is 23.6 Å². The van der Waals surface area contributed by atoms with Gasteiger partial charge in [-0.05, 0) is 73.0 Å². The maximum Gasteiger partial charge on any atom is 0.147 e. The maximum absolute atomic E-state index is 5.81. The third kappa shape index (κ3) is 11.3. The quantitative estimate of drug-likeness (QED) is 0.125. The molecule has 32 heavy (non-hydrogen) atoms. The first-order valence-electron chi connectivity index (χ1n) is 12.9. The number of hydrogen-bond donors (Lipinski definition) is 0. The molecule has 0 atom stereocenters. The van der Waals surface area contributed by atoms with Crippen molar-refractivity contribution in [2.45, 2.75) is 116 Å². The van der Waals surface area contributed by atoms with Gasteiger partial charge in [0.1, 0.15) is 8.64 Å². The molecule has 0 heterocycles. The summed E-state index contributed by atoms with van der Waals surface area (Å²) in [5.41, 5.74) is 0. The minimum Gasteiger partial charge on any atom is -0.354 e. The van der Waals surface area contributed by atoms with Gasteiger partial charge in [-0.3, -0.25) is 0 Å². The second-order valence-electron chi connectivity index (χ2n) is 9.02. The van der Waals surface area contributed by atoms with Gasteiger partial charge >= 0.3 is 0 Å². The Morgan fingerprint density at radius 1 is 0.656 bits per heavy atom. The van der Waals surface area contributed by atoms with Crippen molar-refractivity contribution in [1.29, 1.82) is 0 Å². The van der Waals surface area contributed by atoms with Crippen molar-refractivity contribution in [1.82, 2.24) is 9.80 Å². The highest BCUT2D eigenvalue weighted by Crippen LogP contribution is 2.33. The van der Waals surface area contributed by atoms with E-state index in [4.69, 9.17) is 24.4 Å². The molecule has 0 saturated heterocycles. The van der Waals surface area contributed by atoms with Gasteiger partial charge in [-0.15, -0.1) is 0 Å². The molecule has 2 rings (SSSR count). The van der Waals surface area contributed by atoms with E-state index in [0.717, 1.165) is 21.7 Å². The number of nitrogens with zero attached hydrogens (tertiary/aromatic N) is 2. The summed E-state index contributed by atoms with van der Waals surface area (Å²) >= 11 is 11.6. The first-order valence-corrected chi connectivity index (χ1v) is 18.3. The molecule has 2 fully saturated rings. The van der Waals surface area contributed by atoms with E-state index in [1.165, 1.54) is 101 Å². The smallest absolute Gasteiger partial charge is 0.147 e. The molecule has 0 amide bonds. The molecule has 2 saturated carbocycles. The first-order chi connectivity index (χ1) is 15.7. The molecule has 0 radical (unpaired) electrons. The number of unbranched alkanes of at least 4 members (excludes halogenated alkanes) is 1. The second kappa shape index (κ2) is 18.4. The lowest BCUT2D eigenvalue weighted by Crippen LogP contribution is -2.39. The lowest BCUT2D eigenvalue weighted by molar-refractivity contribution is 0.251. The van der Waals surface area contributed by atoms with Gasteiger partial charge in [0.2, 0.25) is 0 Å². The van der Waals surface area contributed by atoms with E-state index in [0.29, 0.717) is 12.1 Å². The summed E-state index contributed by atoms with van der Waals surface area (Å²) in [5.74, 6) is 2.38. The Morgan fingerprint density at radius 2 is 1.03 bits per heavy atom. The predicted octanol–water partition coefficient (Wildman–Crippen LogP) is 9.19. The first kappa shape index (κ1) is 29.4. The maximum atomic E-state index is 5.81. The number of thiocarbonyl (C=S) groups is 2. The highest BCUT2D eigenvalue weighted by atomic mass is 33.1. The van der Waals surface area contributed by atoms with Crippen LogP contribution in [-0.4, -0.2) is 55.1 Å². The van der Waals surface area contributed by atoms with E-state index in [1.807, 2.05) is 43.2 Å². The van der Waals surface area contributed by atoms with Crippen LogP contribution in [0.1, 0.15) is 104 Å². The van der Waals surface area contributed by atoms with E-state index < -0.39 is 0 Å². The highest BCUT2D eigenvalue weighted by Gasteiger charge is 2.24. The lowest BCUT2D eigenvalue weighted by atomic mass is 9.94. The Bertz CT molecular complexity index is 475. The van der Waals surface area contributed by atoms with Crippen LogP contribution in [0.25, 0.3) is 0 Å². The minimum atomic E-state index is 0.697. The molecule has 0 N–H and O–H groups in total. The van der Waals surface area contributed by atoms with Crippen LogP contribution < -0.4 is 0 Å². The molecular formula is C24H44N2S6. The van der Waals surface area contributed by atoms with Crippen LogP contribution in [0, 0.1) is 0 Å². The molecule has 2 nitrogen and oxygen atoms in total. The zero-order chi connectivity index (χ0) is 23.0. The largest absolute Gasteiger partial charge is 0.354 e. The van der Waals surface area contributed by atoms with Gasteiger partial charge < -0.3 is 9.80 Å². The summed E-state index contributed by atoms with van der Waals surface area (Å²) in [7, 11) is 7.61. The molecule has 186 valence electrons. The molecule has 0 aliphatic heterocycles. The van der Waals surface area contributed by atoms with Crippen molar-refractivity contribution < 1.29 is 0 Å². The lowest BCUT2D eigenvalue weighted by Gasteiger charge is -2.35. The summed E-state index contributed by atoms with van der Waals surface area (Å²) in [6.45, 7) is 6.80. The van der Waals surface area contributed by atoms with Crippen molar-refractivity contribution in [3.63, 3.8) is 0 Å². The molecule has 0 aromatic heterocycles. The zero-order valence-corrected chi connectivity index (χ0v) is 25.1. The SMILES string of the molecule is CCCN(C(=S)SSCCCCSSC(=S)N(CCC)C1CCCCC1)C1CCCCC1. The number of hydrogen-bond acceptors (Lipinski definition) is 6. The summed E-state index contributed by atoms with van der Waals surface area (Å²) in [5, 5.41) is 0. The number of rotatable bonds is 13. The van der Waals surface area contributed by atoms with Gasteiger partial charge in [-0.25, -0.2) is 0 Å². The molecule has 2 aliphatic rings. The second-order valence-corrected chi connectivity index (χ2v) is 15.1. The van der Waals surface area contributed by atoms with Gasteiger partial charge in [-0.2, -0.15) is 0 Å². The molecule has 0 aromatic carbocycles. The van der Waals surface area contributed by atoms with Crippen molar-refractivity contribution in [3.8, 4) is 0 Å². The molecule has 0 aromatic rings. The van der Waals surface area contributed by atoms with E-state index in [1.54, 1.807) is 0 Å². The third-order valence-corrected chi connectivity index (χ3v) is 12.6. The Kier molecular flexibility index (Phi) is 17.0. The minimum absolute atomic E-state index is 0.697. The summed E-state index contributed by atoms with van der Waals surface area (Å²) in [4.78, 5) is 5.07. The average Bonchev–Trinajstić information content (AvgIpc) is 2.83. The molecular weight excluding hydrogens is 509 g/mol. The Balaban J connectivity index is 1.55. The highest BCUT2D eigenvalue weighted by molar-refractivity contribution is 8.84. The van der Waals surface area contributed by atoms with Crippen LogP contribution in [0.2, 0.25) is 0 Å². The molecule has 0 unspecified atom stereocenters. The standard InChI is InChI=1S/C24H44N2S6/c1-3-17-25(21-13-7-5-8-14-21)23(27)31-29-19-11-12-20-30-32-24(28)26(18-4-2)22-15-9-6-10-16-22/h21-22H,3-20H2,1-2H3. The van der Waals surface area contributed by atoms with E-state index in [-0.39, 0.29) is 0 Å². The predicted molar refractivity (Wildman–Crippen MR) is 162 cm³/mol. The van der Waals surface area contributed by atoms with Crippen molar-refractivity contribution >= 4 is 76.3 Å². The Labute approximate surface area is 225 Å². The van der Waals surface area contributed by atoms with Crippen LogP contribution in [0.3, 0.4) is 0 Å². The van der Waals surface area contributed by atoms with Crippen LogP contribution in [0.5, 0.6) is 0 Å². The average molecular weight is 553 g/mol. The fourth-order valence-corrected chi connectivity index (χ4v) is 10.1. The Morgan fingerprint density at radius 3 is 1.38 bits per heavy atom. The van der Waals surface area contributed by atoms with Crippen molar-refractivity contribution in [2.75, 3.05) is 24.6 Å². The Hall–Kier alpha value is 1.18. The summed E-state index contributed by atoms with van der Waals surface area (Å²) in [6.07, 6.45) is 18.5. The van der Waals surface area contributed by atoms with Crippen LogP contribution in [0.15, 0.2) is 0 Å². The molecule has 2 aliphatic carbocycles. The summed E-state index contributed by atoms with van der Waals surface area (Å²) < 4.78 is 2.25. The molecule has 0 spiro atoms. The third-order valence-electron chi connectivity index (χ3n) is 6.39. The van der Waals surface area contributed by atoms with Gasteiger partial charge in [-0.1, -0.05) is 98.4 Å². The van der Waals surface area contributed by atoms with Crippen LogP contribution in [0.4, 0.5) is 0 Å². The van der Waals surface area contributed by atoms with Gasteiger partial charge in [0.05, 0.1) is 0 Å². The van der Waals surface area contributed by atoms with E-state index >= 15 is 0 Å².